The number of alkyl halides is 3. The molecule has 1 rings (SSSR count). The normalized spacial score (nSPS) is 16.1. The molecule has 3 atom stereocenters. The lowest BCUT2D eigenvalue weighted by atomic mass is 9.89. The first-order valence-electron chi connectivity index (χ1n) is 8.39. The molecule has 0 fully saturated rings. The Hall–Kier alpha value is -1.80. The summed E-state index contributed by atoms with van der Waals surface area (Å²) in [5.74, 6) is -0.721. The number of nitrogens with one attached hydrogen (secondary N) is 1. The van der Waals surface area contributed by atoms with Gasteiger partial charge < -0.3 is 15.3 Å². The highest BCUT2D eigenvalue weighted by molar-refractivity contribution is 6.30. The fraction of sp³-hybridized carbons (Fsp3) is 0.556. The zero-order valence-electron chi connectivity index (χ0n) is 15.4. The molecule has 152 valence electrons. The first-order chi connectivity index (χ1) is 12.4. The number of benzene rings is 1. The predicted octanol–water partition coefficient (Wildman–Crippen LogP) is 3.26. The first kappa shape index (κ1) is 23.2. The van der Waals surface area contributed by atoms with E-state index in [1.807, 2.05) is 0 Å². The molecule has 0 aliphatic heterocycles. The molecule has 1 unspecified atom stereocenters. The van der Waals surface area contributed by atoms with Crippen LogP contribution in [0.5, 0.6) is 0 Å². The van der Waals surface area contributed by atoms with Crippen LogP contribution in [0.1, 0.15) is 37.0 Å². The summed E-state index contributed by atoms with van der Waals surface area (Å²) in [6, 6.07) is 5.51. The summed E-state index contributed by atoms with van der Waals surface area (Å²) in [4.78, 5) is 24.6. The SMILES string of the molecule is C[C@H](CNC=O)[C@H](CCC(C)(O)C(F)(F)F)N(C)C(=O)c1ccc(Cl)cc1. The van der Waals surface area contributed by atoms with Crippen molar-refractivity contribution in [1.29, 1.82) is 0 Å². The molecule has 0 aromatic heterocycles. The Labute approximate surface area is 161 Å². The molecule has 0 saturated carbocycles. The van der Waals surface area contributed by atoms with Gasteiger partial charge in [-0.1, -0.05) is 18.5 Å². The van der Waals surface area contributed by atoms with Crippen LogP contribution < -0.4 is 5.32 Å². The lowest BCUT2D eigenvalue weighted by molar-refractivity contribution is -0.256. The lowest BCUT2D eigenvalue weighted by Crippen LogP contribution is -2.47. The molecular formula is C18H24ClF3N2O3. The highest BCUT2D eigenvalue weighted by Gasteiger charge is 2.49. The largest absolute Gasteiger partial charge is 0.416 e. The van der Waals surface area contributed by atoms with Crippen LogP contribution in [0.2, 0.25) is 5.02 Å². The third-order valence-corrected chi connectivity index (χ3v) is 4.88. The van der Waals surface area contributed by atoms with Gasteiger partial charge in [0.15, 0.2) is 5.60 Å². The van der Waals surface area contributed by atoms with Gasteiger partial charge in [0, 0.05) is 30.2 Å². The lowest BCUT2D eigenvalue weighted by Gasteiger charge is -2.35. The minimum atomic E-state index is -4.78. The number of hydrogen-bond acceptors (Lipinski definition) is 3. The summed E-state index contributed by atoms with van der Waals surface area (Å²) in [6.45, 7) is 2.61. The summed E-state index contributed by atoms with van der Waals surface area (Å²) in [5.41, 5.74) is -2.53. The monoisotopic (exact) mass is 408 g/mol. The molecule has 0 radical (unpaired) electrons. The standard InChI is InChI=1S/C18H24ClF3N2O3/c1-12(10-23-11-25)15(8-9-17(2,27)18(20,21)22)24(3)16(26)13-4-6-14(19)7-5-13/h4-7,11-12,15,27H,8-10H2,1-3H3,(H,23,25)/t12-,15+,17?/m1/s1. The molecular weight excluding hydrogens is 385 g/mol. The number of carbonyl (C=O) groups excluding carboxylic acids is 2. The van der Waals surface area contributed by atoms with Crippen molar-refractivity contribution in [3.8, 4) is 0 Å². The number of halogens is 4. The van der Waals surface area contributed by atoms with E-state index >= 15 is 0 Å². The van der Waals surface area contributed by atoms with E-state index in [1.54, 1.807) is 19.1 Å². The Balaban J connectivity index is 3.00. The molecule has 27 heavy (non-hydrogen) atoms. The van der Waals surface area contributed by atoms with Gasteiger partial charge in [0.2, 0.25) is 6.41 Å². The average Bonchev–Trinajstić information content (AvgIpc) is 2.58. The van der Waals surface area contributed by atoms with Crippen LogP contribution in [-0.4, -0.2) is 53.7 Å². The summed E-state index contributed by atoms with van der Waals surface area (Å²) in [6.07, 6.45) is -4.96. The zero-order valence-corrected chi connectivity index (χ0v) is 16.1. The maximum absolute atomic E-state index is 12.9. The van der Waals surface area contributed by atoms with Crippen LogP contribution in [0.3, 0.4) is 0 Å². The van der Waals surface area contributed by atoms with Gasteiger partial charge in [-0.3, -0.25) is 9.59 Å². The zero-order chi connectivity index (χ0) is 20.8. The van der Waals surface area contributed by atoms with E-state index < -0.39 is 24.2 Å². The Morgan fingerprint density at radius 3 is 2.37 bits per heavy atom. The van der Waals surface area contributed by atoms with Gasteiger partial charge in [0.25, 0.3) is 5.91 Å². The van der Waals surface area contributed by atoms with E-state index in [4.69, 9.17) is 11.6 Å². The van der Waals surface area contributed by atoms with E-state index in [0.717, 1.165) is 0 Å². The number of rotatable bonds is 9. The predicted molar refractivity (Wildman–Crippen MR) is 96.5 cm³/mol. The summed E-state index contributed by atoms with van der Waals surface area (Å²) < 4.78 is 38.8. The molecule has 2 N–H and O–H groups in total. The van der Waals surface area contributed by atoms with Gasteiger partial charge in [0.1, 0.15) is 0 Å². The Morgan fingerprint density at radius 1 is 1.33 bits per heavy atom. The number of hydrogen-bond donors (Lipinski definition) is 2. The Kier molecular flexibility index (Phi) is 8.10. The van der Waals surface area contributed by atoms with Crippen molar-refractivity contribution in [3.63, 3.8) is 0 Å². The second-order valence-electron chi connectivity index (χ2n) is 6.80. The Bertz CT molecular complexity index is 636. The number of carbonyl (C=O) groups is 2. The summed E-state index contributed by atoms with van der Waals surface area (Å²) in [7, 11) is 1.49. The summed E-state index contributed by atoms with van der Waals surface area (Å²) >= 11 is 5.81. The van der Waals surface area contributed by atoms with Crippen molar-refractivity contribution < 1.29 is 27.9 Å². The highest BCUT2D eigenvalue weighted by atomic mass is 35.5. The quantitative estimate of drug-likeness (QED) is 0.616. The van der Waals surface area contributed by atoms with Gasteiger partial charge >= 0.3 is 6.18 Å². The van der Waals surface area contributed by atoms with Crippen LogP contribution in [-0.2, 0) is 4.79 Å². The van der Waals surface area contributed by atoms with Crippen molar-refractivity contribution >= 4 is 23.9 Å². The average molecular weight is 409 g/mol. The molecule has 5 nitrogen and oxygen atoms in total. The second-order valence-corrected chi connectivity index (χ2v) is 7.24. The van der Waals surface area contributed by atoms with Crippen molar-refractivity contribution in [2.75, 3.05) is 13.6 Å². The molecule has 0 heterocycles. The van der Waals surface area contributed by atoms with Crippen LogP contribution >= 0.6 is 11.6 Å². The highest BCUT2D eigenvalue weighted by Crippen LogP contribution is 2.35. The number of nitrogens with zero attached hydrogens (tertiary/aromatic N) is 1. The van der Waals surface area contributed by atoms with E-state index in [-0.39, 0.29) is 24.8 Å². The van der Waals surface area contributed by atoms with Crippen LogP contribution in [0.15, 0.2) is 24.3 Å². The number of amides is 2. The van der Waals surface area contributed by atoms with Gasteiger partial charge in [0.05, 0.1) is 0 Å². The molecule has 1 aromatic carbocycles. The second kappa shape index (κ2) is 9.41. The maximum Gasteiger partial charge on any atom is 0.416 e. The minimum Gasteiger partial charge on any atom is -0.381 e. The Morgan fingerprint density at radius 2 is 1.89 bits per heavy atom. The van der Waals surface area contributed by atoms with E-state index in [1.165, 1.54) is 24.1 Å². The van der Waals surface area contributed by atoms with Crippen molar-refractivity contribution in [2.24, 2.45) is 5.92 Å². The molecule has 0 bridgehead atoms. The van der Waals surface area contributed by atoms with Crippen LogP contribution in [0, 0.1) is 5.92 Å². The van der Waals surface area contributed by atoms with E-state index in [2.05, 4.69) is 5.32 Å². The fourth-order valence-electron chi connectivity index (χ4n) is 2.75. The third kappa shape index (κ3) is 6.39. The molecule has 9 heteroatoms. The third-order valence-electron chi connectivity index (χ3n) is 4.63. The first-order valence-corrected chi connectivity index (χ1v) is 8.77. The molecule has 0 saturated heterocycles. The maximum atomic E-state index is 12.9. The molecule has 1 aromatic rings. The van der Waals surface area contributed by atoms with Crippen molar-refractivity contribution in [2.45, 2.75) is 44.5 Å². The van der Waals surface area contributed by atoms with Gasteiger partial charge in [-0.2, -0.15) is 13.2 Å². The van der Waals surface area contributed by atoms with Crippen molar-refractivity contribution in [1.82, 2.24) is 10.2 Å². The topological polar surface area (TPSA) is 69.6 Å². The smallest absolute Gasteiger partial charge is 0.381 e. The molecule has 0 spiro atoms. The molecule has 0 aliphatic rings. The van der Waals surface area contributed by atoms with Crippen LogP contribution in [0.4, 0.5) is 13.2 Å². The molecule has 0 aliphatic carbocycles. The van der Waals surface area contributed by atoms with E-state index in [0.29, 0.717) is 23.9 Å². The van der Waals surface area contributed by atoms with E-state index in [9.17, 15) is 27.9 Å². The van der Waals surface area contributed by atoms with Crippen molar-refractivity contribution in [3.05, 3.63) is 34.9 Å². The summed E-state index contributed by atoms with van der Waals surface area (Å²) in [5, 5.41) is 12.6. The molecule has 2 amide bonds. The minimum absolute atomic E-state index is 0.0932. The number of aliphatic hydroxyl groups is 1. The van der Waals surface area contributed by atoms with Crippen LogP contribution in [0.25, 0.3) is 0 Å². The van der Waals surface area contributed by atoms with Gasteiger partial charge in [-0.15, -0.1) is 0 Å². The van der Waals surface area contributed by atoms with Gasteiger partial charge in [-0.25, -0.2) is 0 Å². The van der Waals surface area contributed by atoms with Gasteiger partial charge in [-0.05, 0) is 49.9 Å². The fourth-order valence-corrected chi connectivity index (χ4v) is 2.87.